The fourth-order valence-corrected chi connectivity index (χ4v) is 5.22. The molecule has 1 aliphatic heterocycles. The molecule has 0 spiro atoms. The summed E-state index contributed by atoms with van der Waals surface area (Å²) in [5.41, 5.74) is 4.71. The first-order chi connectivity index (χ1) is 15.1. The minimum Gasteiger partial charge on any atom is -0.338 e. The van der Waals surface area contributed by atoms with Gasteiger partial charge in [-0.25, -0.2) is 4.98 Å². The van der Waals surface area contributed by atoms with E-state index in [0.717, 1.165) is 57.2 Å². The van der Waals surface area contributed by atoms with Crippen molar-refractivity contribution in [1.29, 1.82) is 0 Å². The number of amides is 1. The fourth-order valence-electron chi connectivity index (χ4n) is 5.22. The molecule has 5 rings (SSSR count). The monoisotopic (exact) mass is 415 g/mol. The predicted octanol–water partition coefficient (Wildman–Crippen LogP) is 4.00. The molecular weight excluding hydrogens is 386 g/mol. The number of likely N-dealkylation sites (tertiary alicyclic amines) is 1. The minimum absolute atomic E-state index is 0.134. The van der Waals surface area contributed by atoms with Crippen molar-refractivity contribution in [2.75, 3.05) is 13.1 Å². The van der Waals surface area contributed by atoms with Gasteiger partial charge in [-0.05, 0) is 74.1 Å². The Hall–Kier alpha value is -2.95. The number of benzene rings is 1. The van der Waals surface area contributed by atoms with Gasteiger partial charge >= 0.3 is 0 Å². The van der Waals surface area contributed by atoms with Crippen LogP contribution in [0.1, 0.15) is 53.2 Å². The zero-order valence-electron chi connectivity index (χ0n) is 18.1. The Labute approximate surface area is 182 Å². The third kappa shape index (κ3) is 3.78. The van der Waals surface area contributed by atoms with Crippen LogP contribution in [0.5, 0.6) is 0 Å². The van der Waals surface area contributed by atoms with Gasteiger partial charge in [0.15, 0.2) is 0 Å². The van der Waals surface area contributed by atoms with Crippen LogP contribution in [0.15, 0.2) is 47.5 Å². The topological polar surface area (TPSA) is 55.2 Å². The molecule has 0 bridgehead atoms. The van der Waals surface area contributed by atoms with Gasteiger partial charge in [0.1, 0.15) is 11.2 Å². The average molecular weight is 416 g/mol. The van der Waals surface area contributed by atoms with Crippen molar-refractivity contribution in [3.8, 4) is 0 Å². The van der Waals surface area contributed by atoms with Gasteiger partial charge < -0.3 is 9.47 Å². The van der Waals surface area contributed by atoms with E-state index in [1.54, 1.807) is 6.20 Å². The molecule has 1 aromatic carbocycles. The molecular formula is C26H29N3O2. The van der Waals surface area contributed by atoms with E-state index < -0.39 is 0 Å². The van der Waals surface area contributed by atoms with Crippen LogP contribution < -0.4 is 5.43 Å². The van der Waals surface area contributed by atoms with E-state index in [0.29, 0.717) is 23.5 Å². The molecule has 1 aliphatic carbocycles. The van der Waals surface area contributed by atoms with E-state index in [-0.39, 0.29) is 16.9 Å². The molecule has 3 aromatic rings. The highest BCUT2D eigenvalue weighted by molar-refractivity contribution is 5.97. The van der Waals surface area contributed by atoms with Crippen molar-refractivity contribution in [1.82, 2.24) is 14.5 Å². The summed E-state index contributed by atoms with van der Waals surface area (Å²) in [5, 5.41) is 0.567. The number of hydrogen-bond acceptors (Lipinski definition) is 3. The number of aromatic nitrogens is 2. The number of nitrogens with zero attached hydrogens (tertiary/aromatic N) is 3. The van der Waals surface area contributed by atoms with E-state index >= 15 is 0 Å². The lowest BCUT2D eigenvalue weighted by atomic mass is 9.97. The molecule has 5 nitrogen and oxygen atoms in total. The Morgan fingerprint density at radius 3 is 2.48 bits per heavy atom. The van der Waals surface area contributed by atoms with E-state index in [2.05, 4.69) is 29.2 Å². The number of carbonyl (C=O) groups is 1. The van der Waals surface area contributed by atoms with Crippen molar-refractivity contribution >= 4 is 16.9 Å². The van der Waals surface area contributed by atoms with E-state index in [4.69, 9.17) is 0 Å². The Balaban J connectivity index is 1.48. The molecule has 1 saturated heterocycles. The summed E-state index contributed by atoms with van der Waals surface area (Å²) in [7, 11) is 0. The van der Waals surface area contributed by atoms with Gasteiger partial charge in [-0.3, -0.25) is 9.59 Å². The second-order valence-corrected chi connectivity index (χ2v) is 8.97. The quantitative estimate of drug-likeness (QED) is 0.647. The Bertz CT molecular complexity index is 1170. The molecule has 160 valence electrons. The fraction of sp³-hybridized carbons (Fsp3) is 0.423. The number of pyridine rings is 2. The summed E-state index contributed by atoms with van der Waals surface area (Å²) in [6, 6.07) is 10.6. The normalized spacial score (nSPS) is 16.6. The Kier molecular flexibility index (Phi) is 5.34. The molecule has 0 radical (unpaired) electrons. The Morgan fingerprint density at radius 2 is 1.81 bits per heavy atom. The molecule has 5 heteroatoms. The number of fused-ring (bicyclic) bond motifs is 2. The largest absolute Gasteiger partial charge is 0.338 e. The first kappa shape index (κ1) is 20.0. The molecule has 2 aromatic heterocycles. The van der Waals surface area contributed by atoms with Gasteiger partial charge in [-0.1, -0.05) is 24.3 Å². The van der Waals surface area contributed by atoms with E-state index in [1.807, 2.05) is 28.7 Å². The van der Waals surface area contributed by atoms with Crippen molar-refractivity contribution < 1.29 is 4.79 Å². The highest BCUT2D eigenvalue weighted by atomic mass is 16.2. The number of rotatable bonds is 4. The summed E-state index contributed by atoms with van der Waals surface area (Å²) in [6.45, 7) is 4.16. The summed E-state index contributed by atoms with van der Waals surface area (Å²) in [4.78, 5) is 32.9. The molecule has 1 amide bonds. The third-order valence-corrected chi connectivity index (χ3v) is 6.84. The number of hydrogen-bond donors (Lipinski definition) is 0. The lowest BCUT2D eigenvalue weighted by Crippen LogP contribution is -2.38. The van der Waals surface area contributed by atoms with Crippen LogP contribution in [0.2, 0.25) is 0 Å². The second-order valence-electron chi connectivity index (χ2n) is 8.97. The predicted molar refractivity (Wildman–Crippen MR) is 122 cm³/mol. The number of carbonyl (C=O) groups excluding carboxylic acids is 1. The maximum absolute atomic E-state index is 13.3. The van der Waals surface area contributed by atoms with E-state index in [1.165, 1.54) is 11.1 Å². The van der Waals surface area contributed by atoms with E-state index in [9.17, 15) is 9.59 Å². The number of piperidine rings is 1. The standard InChI is InChI=1S/C26H29N3O2/c1-2-28-17-23(26(31)29-10-6-3-7-11-29)24(30)22-15-19(16-27-25(22)28)12-18-13-20-8-4-5-9-21(20)14-18/h4-5,8-9,15-18H,2-3,6-7,10-14H2,1H3. The van der Waals surface area contributed by atoms with Gasteiger partial charge in [0.2, 0.25) is 5.43 Å². The lowest BCUT2D eigenvalue weighted by molar-refractivity contribution is 0.0722. The van der Waals surface area contributed by atoms with Crippen molar-refractivity contribution in [3.63, 3.8) is 0 Å². The van der Waals surface area contributed by atoms with Gasteiger partial charge in [-0.2, -0.15) is 0 Å². The van der Waals surface area contributed by atoms with Crippen LogP contribution >= 0.6 is 0 Å². The summed E-state index contributed by atoms with van der Waals surface area (Å²) in [6.07, 6.45) is 9.83. The zero-order valence-corrected chi connectivity index (χ0v) is 18.1. The summed E-state index contributed by atoms with van der Waals surface area (Å²) in [5.74, 6) is 0.397. The van der Waals surface area contributed by atoms with Crippen LogP contribution in [0.25, 0.3) is 11.0 Å². The van der Waals surface area contributed by atoms with Gasteiger partial charge in [0, 0.05) is 32.0 Å². The molecule has 0 unspecified atom stereocenters. The van der Waals surface area contributed by atoms with Crippen LogP contribution in [0.4, 0.5) is 0 Å². The second kappa shape index (κ2) is 8.29. The molecule has 0 saturated carbocycles. The Morgan fingerprint density at radius 1 is 1.10 bits per heavy atom. The molecule has 0 atom stereocenters. The maximum Gasteiger partial charge on any atom is 0.259 e. The highest BCUT2D eigenvalue weighted by Gasteiger charge is 2.24. The van der Waals surface area contributed by atoms with Crippen LogP contribution in [0, 0.1) is 5.92 Å². The lowest BCUT2D eigenvalue weighted by Gasteiger charge is -2.26. The smallest absolute Gasteiger partial charge is 0.259 e. The maximum atomic E-state index is 13.3. The van der Waals surface area contributed by atoms with Crippen molar-refractivity contribution in [2.24, 2.45) is 5.92 Å². The van der Waals surface area contributed by atoms with Crippen molar-refractivity contribution in [2.45, 2.75) is 52.0 Å². The van der Waals surface area contributed by atoms with Crippen molar-refractivity contribution in [3.05, 3.63) is 75.2 Å². The number of aryl methyl sites for hydroxylation is 1. The SMILES string of the molecule is CCn1cc(C(=O)N2CCCCC2)c(=O)c2cc(CC3Cc4ccccc4C3)cnc21. The van der Waals surface area contributed by atoms with Crippen LogP contribution in [-0.4, -0.2) is 33.4 Å². The zero-order chi connectivity index (χ0) is 21.4. The first-order valence-electron chi connectivity index (χ1n) is 11.5. The molecule has 2 aliphatic rings. The minimum atomic E-state index is -0.181. The van der Waals surface area contributed by atoms with Gasteiger partial charge in [-0.15, -0.1) is 0 Å². The first-order valence-corrected chi connectivity index (χ1v) is 11.5. The molecule has 1 fully saturated rings. The van der Waals surface area contributed by atoms with Gasteiger partial charge in [0.05, 0.1) is 5.39 Å². The molecule has 3 heterocycles. The summed E-state index contributed by atoms with van der Waals surface area (Å²) < 4.78 is 1.93. The van der Waals surface area contributed by atoms with Crippen LogP contribution in [-0.2, 0) is 25.8 Å². The average Bonchev–Trinajstić information content (AvgIpc) is 3.22. The van der Waals surface area contributed by atoms with Crippen LogP contribution in [0.3, 0.4) is 0 Å². The highest BCUT2D eigenvalue weighted by Crippen LogP contribution is 2.29. The van der Waals surface area contributed by atoms with Gasteiger partial charge in [0.25, 0.3) is 5.91 Å². The summed E-state index contributed by atoms with van der Waals surface area (Å²) >= 11 is 0. The molecule has 31 heavy (non-hydrogen) atoms. The molecule has 0 N–H and O–H groups in total. The third-order valence-electron chi connectivity index (χ3n) is 6.84.